The molecule has 1 rings (SSSR count). The van der Waals surface area contributed by atoms with Crippen LogP contribution in [-0.4, -0.2) is 5.11 Å². The highest BCUT2D eigenvalue weighted by Gasteiger charge is 1.89. The number of hydrogen-bond acceptors (Lipinski definition) is 1. The fourth-order valence-electron chi connectivity index (χ4n) is 1.50. The van der Waals surface area contributed by atoms with Gasteiger partial charge in [0.05, 0.1) is 6.61 Å². The molecule has 0 heterocycles. The van der Waals surface area contributed by atoms with Crippen LogP contribution in [0.4, 0.5) is 0 Å². The molecule has 16 heavy (non-hydrogen) atoms. The molecule has 0 aliphatic heterocycles. The van der Waals surface area contributed by atoms with E-state index in [1.165, 1.54) is 25.7 Å². The lowest BCUT2D eigenvalue weighted by atomic mass is 10.1. The Balaban J connectivity index is 2.32. The lowest BCUT2D eigenvalue weighted by Crippen LogP contribution is -1.82. The molecule has 1 heteroatoms. The summed E-state index contributed by atoms with van der Waals surface area (Å²) in [6.07, 6.45) is 6.06. The van der Waals surface area contributed by atoms with Gasteiger partial charge in [-0.3, -0.25) is 0 Å². The van der Waals surface area contributed by atoms with Gasteiger partial charge in [0.1, 0.15) is 0 Å². The maximum atomic E-state index is 8.89. The molecule has 0 atom stereocenters. The standard InChI is InChI=1S/C15H20O/c1-2-3-4-5-6-7-8-14-9-11-15(13-16)12-10-14/h9-12,16H,2-6,13H2,1H3. The molecular weight excluding hydrogens is 196 g/mol. The topological polar surface area (TPSA) is 20.2 Å². The first-order valence-electron chi connectivity index (χ1n) is 6.05. The highest BCUT2D eigenvalue weighted by Crippen LogP contribution is 2.04. The van der Waals surface area contributed by atoms with Gasteiger partial charge in [-0.2, -0.15) is 0 Å². The van der Waals surface area contributed by atoms with Gasteiger partial charge in [-0.25, -0.2) is 0 Å². The predicted octanol–water partition coefficient (Wildman–Crippen LogP) is 3.50. The van der Waals surface area contributed by atoms with Gasteiger partial charge in [0, 0.05) is 12.0 Å². The predicted molar refractivity (Wildman–Crippen MR) is 68.0 cm³/mol. The largest absolute Gasteiger partial charge is 0.392 e. The van der Waals surface area contributed by atoms with E-state index in [0.29, 0.717) is 0 Å². The zero-order valence-corrected chi connectivity index (χ0v) is 10.00. The fourth-order valence-corrected chi connectivity index (χ4v) is 1.50. The van der Waals surface area contributed by atoms with Crippen molar-refractivity contribution in [3.63, 3.8) is 0 Å². The molecule has 1 aromatic carbocycles. The zero-order valence-electron chi connectivity index (χ0n) is 10.00. The molecule has 1 nitrogen and oxygen atoms in total. The number of benzene rings is 1. The van der Waals surface area contributed by atoms with Gasteiger partial charge >= 0.3 is 0 Å². The van der Waals surface area contributed by atoms with Gasteiger partial charge in [-0.1, -0.05) is 50.2 Å². The van der Waals surface area contributed by atoms with E-state index in [-0.39, 0.29) is 6.61 Å². The molecule has 0 fully saturated rings. The molecule has 0 aliphatic carbocycles. The van der Waals surface area contributed by atoms with Crippen LogP contribution in [0.25, 0.3) is 0 Å². The van der Waals surface area contributed by atoms with Crippen molar-refractivity contribution in [1.82, 2.24) is 0 Å². The molecule has 1 aromatic rings. The molecular formula is C15H20O. The van der Waals surface area contributed by atoms with Crippen LogP contribution in [0.3, 0.4) is 0 Å². The Morgan fingerprint density at radius 2 is 1.81 bits per heavy atom. The third-order valence-electron chi connectivity index (χ3n) is 2.52. The first-order valence-corrected chi connectivity index (χ1v) is 6.05. The third kappa shape index (κ3) is 5.00. The van der Waals surface area contributed by atoms with Crippen LogP contribution < -0.4 is 0 Å². The molecule has 0 amide bonds. The SMILES string of the molecule is CCCCCCC#Cc1ccc(CO)cc1. The van der Waals surface area contributed by atoms with Gasteiger partial charge in [-0.15, -0.1) is 0 Å². The van der Waals surface area contributed by atoms with Gasteiger partial charge in [0.25, 0.3) is 0 Å². The van der Waals surface area contributed by atoms with Crippen LogP contribution in [0.2, 0.25) is 0 Å². The highest BCUT2D eigenvalue weighted by atomic mass is 16.3. The smallest absolute Gasteiger partial charge is 0.0681 e. The molecule has 0 saturated heterocycles. The Morgan fingerprint density at radius 3 is 2.44 bits per heavy atom. The van der Waals surface area contributed by atoms with Crippen LogP contribution >= 0.6 is 0 Å². The van der Waals surface area contributed by atoms with E-state index in [9.17, 15) is 0 Å². The van der Waals surface area contributed by atoms with Crippen molar-refractivity contribution in [3.8, 4) is 11.8 Å². The normalized spacial score (nSPS) is 9.62. The molecule has 0 aromatic heterocycles. The molecule has 0 bridgehead atoms. The first kappa shape index (κ1) is 12.8. The van der Waals surface area contributed by atoms with Gasteiger partial charge in [0.15, 0.2) is 0 Å². The van der Waals surface area contributed by atoms with Crippen LogP contribution in [0.5, 0.6) is 0 Å². The van der Waals surface area contributed by atoms with E-state index >= 15 is 0 Å². The maximum absolute atomic E-state index is 8.89. The van der Waals surface area contributed by atoms with Gasteiger partial charge in [-0.05, 0) is 24.1 Å². The van der Waals surface area contributed by atoms with Crippen molar-refractivity contribution >= 4 is 0 Å². The Bertz CT molecular complexity index is 340. The van der Waals surface area contributed by atoms with E-state index in [4.69, 9.17) is 5.11 Å². The van der Waals surface area contributed by atoms with E-state index in [1.54, 1.807) is 0 Å². The van der Waals surface area contributed by atoms with Gasteiger partial charge < -0.3 is 5.11 Å². The van der Waals surface area contributed by atoms with Crippen LogP contribution in [0.15, 0.2) is 24.3 Å². The zero-order chi connectivity index (χ0) is 11.6. The molecule has 1 N–H and O–H groups in total. The minimum Gasteiger partial charge on any atom is -0.392 e. The third-order valence-corrected chi connectivity index (χ3v) is 2.52. The molecule has 0 unspecified atom stereocenters. The number of unbranched alkanes of at least 4 members (excludes halogenated alkanes) is 4. The average Bonchev–Trinajstić information content (AvgIpc) is 2.34. The Labute approximate surface area is 98.5 Å². The summed E-state index contributed by atoms with van der Waals surface area (Å²) >= 11 is 0. The second-order valence-electron chi connectivity index (χ2n) is 3.97. The van der Waals surface area contributed by atoms with Crippen molar-refractivity contribution in [2.75, 3.05) is 0 Å². The molecule has 0 radical (unpaired) electrons. The van der Waals surface area contributed by atoms with E-state index in [1.807, 2.05) is 24.3 Å². The van der Waals surface area contributed by atoms with E-state index in [0.717, 1.165) is 17.5 Å². The number of rotatable bonds is 5. The minimum atomic E-state index is 0.102. The Kier molecular flexibility index (Phi) is 6.37. The summed E-state index contributed by atoms with van der Waals surface area (Å²) in [5.74, 6) is 6.33. The van der Waals surface area contributed by atoms with Gasteiger partial charge in [0.2, 0.25) is 0 Å². The fraction of sp³-hybridized carbons (Fsp3) is 0.467. The van der Waals surface area contributed by atoms with Crippen LogP contribution in [-0.2, 0) is 6.61 Å². The summed E-state index contributed by atoms with van der Waals surface area (Å²) in [5, 5.41) is 8.89. The summed E-state index contributed by atoms with van der Waals surface area (Å²) in [6.45, 7) is 2.32. The lowest BCUT2D eigenvalue weighted by molar-refractivity contribution is 0.282. The molecule has 0 aliphatic rings. The maximum Gasteiger partial charge on any atom is 0.0681 e. The van der Waals surface area contributed by atoms with Crippen LogP contribution in [0.1, 0.15) is 50.2 Å². The van der Waals surface area contributed by atoms with E-state index < -0.39 is 0 Å². The minimum absolute atomic E-state index is 0.102. The second-order valence-corrected chi connectivity index (χ2v) is 3.97. The monoisotopic (exact) mass is 216 g/mol. The summed E-state index contributed by atoms with van der Waals surface area (Å²) in [5.41, 5.74) is 1.97. The summed E-state index contributed by atoms with van der Waals surface area (Å²) in [6, 6.07) is 7.76. The summed E-state index contributed by atoms with van der Waals surface area (Å²) < 4.78 is 0. The number of aliphatic hydroxyl groups excluding tert-OH is 1. The number of aliphatic hydroxyl groups is 1. The second kappa shape index (κ2) is 7.96. The first-order chi connectivity index (χ1) is 7.86. The lowest BCUT2D eigenvalue weighted by Gasteiger charge is -1.95. The van der Waals surface area contributed by atoms with Crippen molar-refractivity contribution < 1.29 is 5.11 Å². The molecule has 0 spiro atoms. The molecule has 0 saturated carbocycles. The number of hydrogen-bond donors (Lipinski definition) is 1. The Morgan fingerprint density at radius 1 is 1.06 bits per heavy atom. The van der Waals surface area contributed by atoms with Crippen molar-refractivity contribution in [2.24, 2.45) is 0 Å². The summed E-state index contributed by atoms with van der Waals surface area (Å²) in [7, 11) is 0. The quantitative estimate of drug-likeness (QED) is 0.590. The van der Waals surface area contributed by atoms with Crippen molar-refractivity contribution in [2.45, 2.75) is 45.6 Å². The van der Waals surface area contributed by atoms with Crippen LogP contribution in [0, 0.1) is 11.8 Å². The Hall–Kier alpha value is -1.26. The highest BCUT2D eigenvalue weighted by molar-refractivity contribution is 5.35. The van der Waals surface area contributed by atoms with E-state index in [2.05, 4.69) is 18.8 Å². The van der Waals surface area contributed by atoms with Crippen molar-refractivity contribution in [3.05, 3.63) is 35.4 Å². The summed E-state index contributed by atoms with van der Waals surface area (Å²) in [4.78, 5) is 0. The average molecular weight is 216 g/mol. The molecule has 86 valence electrons. The van der Waals surface area contributed by atoms with Crippen molar-refractivity contribution in [1.29, 1.82) is 0 Å².